The predicted octanol–water partition coefficient (Wildman–Crippen LogP) is 3.17. The van der Waals surface area contributed by atoms with Gasteiger partial charge in [0.2, 0.25) is 5.82 Å². The molecule has 0 aliphatic carbocycles. The van der Waals surface area contributed by atoms with E-state index < -0.39 is 0 Å². The summed E-state index contributed by atoms with van der Waals surface area (Å²) in [6.07, 6.45) is 5.65. The third kappa shape index (κ3) is 2.47. The molecule has 0 N–H and O–H groups in total. The first kappa shape index (κ1) is 14.6. The Morgan fingerprint density at radius 2 is 1.95 bits per heavy atom. The van der Waals surface area contributed by atoms with Gasteiger partial charge in [0.15, 0.2) is 5.52 Å². The van der Waals surface area contributed by atoms with Crippen molar-refractivity contribution in [2.75, 3.05) is 0 Å². The van der Waals surface area contributed by atoms with E-state index in [2.05, 4.69) is 30.2 Å². The maximum absolute atomic E-state index is 4.74. The van der Waals surface area contributed by atoms with Crippen LogP contribution in [-0.2, 0) is 20.1 Å². The second-order valence-electron chi connectivity index (χ2n) is 4.94. The van der Waals surface area contributed by atoms with Crippen LogP contribution in [-0.4, -0.2) is 9.97 Å². The van der Waals surface area contributed by atoms with E-state index in [0.717, 1.165) is 33.1 Å². The van der Waals surface area contributed by atoms with Gasteiger partial charge < -0.3 is 4.57 Å². The van der Waals surface area contributed by atoms with Gasteiger partial charge in [0.1, 0.15) is 0 Å². The molecule has 0 atom stereocenters. The van der Waals surface area contributed by atoms with Crippen molar-refractivity contribution in [1.82, 2.24) is 9.97 Å². The second-order valence-corrected chi connectivity index (χ2v) is 4.94. The van der Waals surface area contributed by atoms with Crippen molar-refractivity contribution >= 4 is 21.7 Å². The number of nitrogens with zero attached hydrogens (tertiary/aromatic N) is 3. The SMILES string of the molecule is [CH2-][n+]1cc2cc3ccncc3cc2nc1-c1[c-]cccc1.[Ir]. The van der Waals surface area contributed by atoms with Crippen molar-refractivity contribution < 1.29 is 24.7 Å². The van der Waals surface area contributed by atoms with E-state index in [1.165, 1.54) is 0 Å². The van der Waals surface area contributed by atoms with Crippen molar-refractivity contribution in [2.24, 2.45) is 0 Å². The monoisotopic (exact) mass is 463 g/mol. The van der Waals surface area contributed by atoms with Crippen LogP contribution in [0, 0.1) is 13.1 Å². The average Bonchev–Trinajstić information content (AvgIpc) is 2.53. The Morgan fingerprint density at radius 1 is 1.05 bits per heavy atom. The Balaban J connectivity index is 0.00000144. The van der Waals surface area contributed by atoms with Crippen LogP contribution in [0.15, 0.2) is 61.1 Å². The van der Waals surface area contributed by atoms with E-state index in [0.29, 0.717) is 0 Å². The molecule has 2 aromatic carbocycles. The molecule has 109 valence electrons. The number of hydrogen-bond donors (Lipinski definition) is 0. The summed E-state index contributed by atoms with van der Waals surface area (Å²) in [6, 6.07) is 17.1. The number of rotatable bonds is 1. The third-order valence-corrected chi connectivity index (χ3v) is 3.53. The van der Waals surface area contributed by atoms with Crippen LogP contribution in [0.3, 0.4) is 0 Å². The number of aromatic nitrogens is 3. The molecule has 22 heavy (non-hydrogen) atoms. The molecule has 0 saturated heterocycles. The van der Waals surface area contributed by atoms with E-state index in [-0.39, 0.29) is 20.1 Å². The first-order valence-corrected chi connectivity index (χ1v) is 6.69. The maximum Gasteiger partial charge on any atom is 0.231 e. The fraction of sp³-hybridized carbons (Fsp3) is 0. The molecule has 0 fully saturated rings. The fourth-order valence-electron chi connectivity index (χ4n) is 2.50. The molecule has 2 heterocycles. The van der Waals surface area contributed by atoms with Gasteiger partial charge in [-0.05, 0) is 24.6 Å². The van der Waals surface area contributed by atoms with Gasteiger partial charge >= 0.3 is 0 Å². The second kappa shape index (κ2) is 5.84. The zero-order valence-electron chi connectivity index (χ0n) is 11.7. The quantitative estimate of drug-likeness (QED) is 0.247. The Kier molecular flexibility index (Phi) is 3.88. The first-order valence-electron chi connectivity index (χ1n) is 6.69. The van der Waals surface area contributed by atoms with Crippen molar-refractivity contribution in [3.05, 3.63) is 74.2 Å². The predicted molar refractivity (Wildman–Crippen MR) is 82.3 cm³/mol. The molecule has 4 rings (SSSR count). The van der Waals surface area contributed by atoms with Crippen LogP contribution >= 0.6 is 0 Å². The molecule has 0 bridgehead atoms. The summed E-state index contributed by atoms with van der Waals surface area (Å²) in [7, 11) is 4.05. The molecule has 0 aliphatic rings. The van der Waals surface area contributed by atoms with Crippen LogP contribution in [0.25, 0.3) is 33.1 Å². The summed E-state index contributed by atoms with van der Waals surface area (Å²) >= 11 is 0. The third-order valence-electron chi connectivity index (χ3n) is 3.53. The smallest absolute Gasteiger partial charge is 0.231 e. The van der Waals surface area contributed by atoms with Gasteiger partial charge in [-0.1, -0.05) is 16.6 Å². The van der Waals surface area contributed by atoms with E-state index in [1.54, 1.807) is 10.8 Å². The molecule has 4 heteroatoms. The van der Waals surface area contributed by atoms with E-state index in [1.807, 2.05) is 42.7 Å². The standard InChI is InChI=1S/C18H12N3.Ir/c1-21-12-16-9-14-7-8-19-11-15(14)10-17(16)20-18(21)13-5-3-2-4-6-13;/h2-5,7-12H,1H2;/q-1;. The molecule has 0 aliphatic heterocycles. The van der Waals surface area contributed by atoms with E-state index >= 15 is 0 Å². The first-order chi connectivity index (χ1) is 10.3. The topological polar surface area (TPSA) is 29.7 Å². The zero-order valence-corrected chi connectivity index (χ0v) is 14.1. The van der Waals surface area contributed by atoms with E-state index in [9.17, 15) is 0 Å². The minimum absolute atomic E-state index is 0. The molecular weight excluding hydrogens is 450 g/mol. The molecule has 0 spiro atoms. The van der Waals surface area contributed by atoms with Crippen LogP contribution in [0.1, 0.15) is 0 Å². The molecule has 0 unspecified atom stereocenters. The largest absolute Gasteiger partial charge is 0.355 e. The number of fused-ring (bicyclic) bond motifs is 2. The Hall–Kier alpha value is -2.29. The molecular formula is C18H12IrN3-. The van der Waals surface area contributed by atoms with Gasteiger partial charge in [0.25, 0.3) is 0 Å². The zero-order chi connectivity index (χ0) is 14.2. The Bertz CT molecular complexity index is 952. The van der Waals surface area contributed by atoms with Crippen molar-refractivity contribution in [2.45, 2.75) is 0 Å². The minimum atomic E-state index is 0. The normalized spacial score (nSPS) is 10.5. The number of benzene rings is 2. The van der Waals surface area contributed by atoms with Gasteiger partial charge in [-0.2, -0.15) is 0 Å². The maximum atomic E-state index is 4.74. The summed E-state index contributed by atoms with van der Waals surface area (Å²) < 4.78 is 1.79. The molecule has 1 radical (unpaired) electrons. The summed E-state index contributed by atoms with van der Waals surface area (Å²) in [5, 5.41) is 3.30. The molecule has 3 nitrogen and oxygen atoms in total. The molecule has 2 aromatic heterocycles. The Morgan fingerprint density at radius 3 is 2.77 bits per heavy atom. The van der Waals surface area contributed by atoms with Crippen LogP contribution in [0.5, 0.6) is 0 Å². The fourth-order valence-corrected chi connectivity index (χ4v) is 2.50. The van der Waals surface area contributed by atoms with Crippen molar-refractivity contribution in [1.29, 1.82) is 0 Å². The summed E-state index contributed by atoms with van der Waals surface area (Å²) in [5.41, 5.74) is 1.86. The van der Waals surface area contributed by atoms with Gasteiger partial charge in [-0.25, -0.2) is 0 Å². The van der Waals surface area contributed by atoms with E-state index in [4.69, 9.17) is 4.98 Å². The van der Waals surface area contributed by atoms with Crippen LogP contribution < -0.4 is 4.57 Å². The molecule has 4 aromatic rings. The van der Waals surface area contributed by atoms with Crippen LogP contribution in [0.2, 0.25) is 0 Å². The van der Waals surface area contributed by atoms with Crippen LogP contribution in [0.4, 0.5) is 0 Å². The van der Waals surface area contributed by atoms with Gasteiger partial charge in [0.05, 0.1) is 0 Å². The summed E-state index contributed by atoms with van der Waals surface area (Å²) in [5.74, 6) is 0.798. The van der Waals surface area contributed by atoms with Gasteiger partial charge in [-0.3, -0.25) is 4.98 Å². The van der Waals surface area contributed by atoms with Crippen molar-refractivity contribution in [3.63, 3.8) is 0 Å². The van der Waals surface area contributed by atoms with Gasteiger partial charge in [-0.15, -0.1) is 30.3 Å². The Labute approximate surface area is 142 Å². The molecule has 0 saturated carbocycles. The number of pyridine rings is 1. The summed E-state index contributed by atoms with van der Waals surface area (Å²) in [4.78, 5) is 8.90. The summed E-state index contributed by atoms with van der Waals surface area (Å²) in [6.45, 7) is 0. The van der Waals surface area contributed by atoms with Crippen molar-refractivity contribution in [3.8, 4) is 11.4 Å². The number of hydrogen-bond acceptors (Lipinski definition) is 2. The minimum Gasteiger partial charge on any atom is -0.355 e. The molecule has 0 amide bonds. The average molecular weight is 463 g/mol. The van der Waals surface area contributed by atoms with Gasteiger partial charge in [0, 0.05) is 49.5 Å².